The molecule has 1 aliphatic heterocycles. The van der Waals surface area contributed by atoms with Crippen molar-refractivity contribution in [1.82, 2.24) is 14.9 Å². The van der Waals surface area contributed by atoms with Gasteiger partial charge in [0.15, 0.2) is 0 Å². The van der Waals surface area contributed by atoms with Gasteiger partial charge in [0.25, 0.3) is 5.56 Å². The molecule has 0 saturated carbocycles. The summed E-state index contributed by atoms with van der Waals surface area (Å²) >= 11 is 5.63. The normalized spacial score (nSPS) is 13.7. The standard InChI is InChI=1S/C18H20ClN3O2/c1-12-4-2-3-5-13(12)10-16-20-15-7-9-22(17(23)6-8-19)11-14(15)18(24)21-16/h2-5H,6-11H2,1H3,(H,20,21,24). The van der Waals surface area contributed by atoms with Gasteiger partial charge in [0.2, 0.25) is 5.91 Å². The molecule has 1 aromatic heterocycles. The van der Waals surface area contributed by atoms with E-state index in [1.54, 1.807) is 4.90 Å². The van der Waals surface area contributed by atoms with E-state index in [1.807, 2.05) is 31.2 Å². The lowest BCUT2D eigenvalue weighted by Crippen LogP contribution is -2.39. The van der Waals surface area contributed by atoms with E-state index in [9.17, 15) is 9.59 Å². The van der Waals surface area contributed by atoms with Crippen LogP contribution in [0.15, 0.2) is 29.1 Å². The molecule has 0 bridgehead atoms. The van der Waals surface area contributed by atoms with E-state index in [0.29, 0.717) is 49.6 Å². The molecular formula is C18H20ClN3O2. The molecule has 2 aromatic rings. The van der Waals surface area contributed by atoms with Crippen LogP contribution in [0.4, 0.5) is 0 Å². The molecule has 1 aliphatic rings. The lowest BCUT2D eigenvalue weighted by molar-refractivity contribution is -0.131. The first-order valence-corrected chi connectivity index (χ1v) is 8.61. The van der Waals surface area contributed by atoms with E-state index in [0.717, 1.165) is 11.3 Å². The Balaban J connectivity index is 1.83. The van der Waals surface area contributed by atoms with Crippen LogP contribution in [0.2, 0.25) is 0 Å². The van der Waals surface area contributed by atoms with Gasteiger partial charge in [-0.3, -0.25) is 9.59 Å². The van der Waals surface area contributed by atoms with Crippen molar-refractivity contribution in [3.8, 4) is 0 Å². The molecule has 0 radical (unpaired) electrons. The van der Waals surface area contributed by atoms with Crippen molar-refractivity contribution in [3.05, 3.63) is 62.8 Å². The summed E-state index contributed by atoms with van der Waals surface area (Å²) in [6.45, 7) is 2.95. The van der Waals surface area contributed by atoms with Gasteiger partial charge in [-0.05, 0) is 18.1 Å². The smallest absolute Gasteiger partial charge is 0.256 e. The number of aromatic amines is 1. The average molecular weight is 346 g/mol. The maximum Gasteiger partial charge on any atom is 0.256 e. The van der Waals surface area contributed by atoms with Crippen molar-refractivity contribution in [1.29, 1.82) is 0 Å². The number of fused-ring (bicyclic) bond motifs is 1. The van der Waals surface area contributed by atoms with Gasteiger partial charge in [0.1, 0.15) is 5.82 Å². The Hall–Kier alpha value is -2.14. The summed E-state index contributed by atoms with van der Waals surface area (Å²) in [5, 5.41) is 0. The zero-order chi connectivity index (χ0) is 17.1. The molecule has 0 unspecified atom stereocenters. The molecule has 0 atom stereocenters. The van der Waals surface area contributed by atoms with E-state index in [-0.39, 0.29) is 11.5 Å². The van der Waals surface area contributed by atoms with Crippen molar-refractivity contribution in [2.75, 3.05) is 12.4 Å². The summed E-state index contributed by atoms with van der Waals surface area (Å²) in [5.41, 5.74) is 3.58. The molecule has 126 valence electrons. The number of alkyl halides is 1. The van der Waals surface area contributed by atoms with Crippen molar-refractivity contribution in [2.24, 2.45) is 0 Å². The predicted molar refractivity (Wildman–Crippen MR) is 93.3 cm³/mol. The summed E-state index contributed by atoms with van der Waals surface area (Å²) in [5.74, 6) is 0.958. The number of nitrogens with one attached hydrogen (secondary N) is 1. The molecular weight excluding hydrogens is 326 g/mol. The second-order valence-corrected chi connectivity index (χ2v) is 6.42. The summed E-state index contributed by atoms with van der Waals surface area (Å²) in [4.78, 5) is 33.6. The fourth-order valence-corrected chi connectivity index (χ4v) is 3.16. The van der Waals surface area contributed by atoms with Gasteiger partial charge >= 0.3 is 0 Å². The van der Waals surface area contributed by atoms with Gasteiger partial charge in [-0.15, -0.1) is 11.6 Å². The van der Waals surface area contributed by atoms with Crippen molar-refractivity contribution < 1.29 is 4.79 Å². The van der Waals surface area contributed by atoms with Crippen molar-refractivity contribution >= 4 is 17.5 Å². The summed E-state index contributed by atoms with van der Waals surface area (Å²) in [6, 6.07) is 8.07. The Morgan fingerprint density at radius 2 is 2.17 bits per heavy atom. The maximum absolute atomic E-state index is 12.4. The van der Waals surface area contributed by atoms with Gasteiger partial charge in [0, 0.05) is 31.7 Å². The second-order valence-electron chi connectivity index (χ2n) is 6.05. The number of carbonyl (C=O) groups is 1. The van der Waals surface area contributed by atoms with Crippen LogP contribution >= 0.6 is 11.6 Å². The number of H-pyrrole nitrogens is 1. The largest absolute Gasteiger partial charge is 0.338 e. The second kappa shape index (κ2) is 7.18. The highest BCUT2D eigenvalue weighted by Gasteiger charge is 2.24. The zero-order valence-corrected chi connectivity index (χ0v) is 14.4. The van der Waals surface area contributed by atoms with Gasteiger partial charge in [-0.25, -0.2) is 4.98 Å². The first-order valence-electron chi connectivity index (χ1n) is 8.07. The van der Waals surface area contributed by atoms with Crippen LogP contribution in [-0.2, 0) is 24.2 Å². The lowest BCUT2D eigenvalue weighted by Gasteiger charge is -2.27. The number of aromatic nitrogens is 2. The Morgan fingerprint density at radius 3 is 2.92 bits per heavy atom. The van der Waals surface area contributed by atoms with E-state index in [4.69, 9.17) is 11.6 Å². The molecule has 24 heavy (non-hydrogen) atoms. The Morgan fingerprint density at radius 1 is 1.38 bits per heavy atom. The number of amides is 1. The molecule has 1 N–H and O–H groups in total. The van der Waals surface area contributed by atoms with Crippen LogP contribution in [0.3, 0.4) is 0 Å². The highest BCUT2D eigenvalue weighted by molar-refractivity contribution is 6.18. The van der Waals surface area contributed by atoms with Crippen LogP contribution in [0.25, 0.3) is 0 Å². The van der Waals surface area contributed by atoms with Crippen LogP contribution < -0.4 is 5.56 Å². The van der Waals surface area contributed by atoms with Gasteiger partial charge in [-0.2, -0.15) is 0 Å². The average Bonchev–Trinajstić information content (AvgIpc) is 2.57. The van der Waals surface area contributed by atoms with Gasteiger partial charge < -0.3 is 9.88 Å². The maximum atomic E-state index is 12.4. The van der Waals surface area contributed by atoms with Crippen LogP contribution in [0.5, 0.6) is 0 Å². The number of aryl methyl sites for hydroxylation is 1. The van der Waals surface area contributed by atoms with Crippen molar-refractivity contribution in [3.63, 3.8) is 0 Å². The summed E-state index contributed by atoms with van der Waals surface area (Å²) in [6.07, 6.45) is 1.51. The Labute approximate surface area is 145 Å². The Bertz CT molecular complexity index is 816. The molecule has 0 saturated heterocycles. The lowest BCUT2D eigenvalue weighted by atomic mass is 10.0. The van der Waals surface area contributed by atoms with Crippen LogP contribution in [-0.4, -0.2) is 33.2 Å². The Kier molecular flexibility index (Phi) is 5.00. The van der Waals surface area contributed by atoms with E-state index < -0.39 is 0 Å². The van der Waals surface area contributed by atoms with Crippen molar-refractivity contribution in [2.45, 2.75) is 32.7 Å². The topological polar surface area (TPSA) is 66.1 Å². The van der Waals surface area contributed by atoms with E-state index in [2.05, 4.69) is 9.97 Å². The number of benzene rings is 1. The molecule has 1 amide bonds. The highest BCUT2D eigenvalue weighted by atomic mass is 35.5. The minimum absolute atomic E-state index is 0.0148. The molecule has 5 nitrogen and oxygen atoms in total. The molecule has 1 aromatic carbocycles. The number of rotatable bonds is 4. The molecule has 6 heteroatoms. The fourth-order valence-electron chi connectivity index (χ4n) is 3.00. The molecule has 0 aliphatic carbocycles. The number of nitrogens with zero attached hydrogens (tertiary/aromatic N) is 2. The highest BCUT2D eigenvalue weighted by Crippen LogP contribution is 2.16. The fraction of sp³-hybridized carbons (Fsp3) is 0.389. The van der Waals surface area contributed by atoms with Gasteiger partial charge in [0.05, 0.1) is 17.8 Å². The van der Waals surface area contributed by atoms with E-state index in [1.165, 1.54) is 5.56 Å². The first-order chi connectivity index (χ1) is 11.6. The zero-order valence-electron chi connectivity index (χ0n) is 13.6. The third-order valence-electron chi connectivity index (χ3n) is 4.40. The van der Waals surface area contributed by atoms with Crippen LogP contribution in [0.1, 0.15) is 34.6 Å². The third kappa shape index (κ3) is 3.51. The first kappa shape index (κ1) is 16.7. The number of halogens is 1. The summed E-state index contributed by atoms with van der Waals surface area (Å²) in [7, 11) is 0. The SMILES string of the molecule is Cc1ccccc1Cc1nc2c(c(=O)[nH]1)CN(C(=O)CCCl)CC2. The monoisotopic (exact) mass is 345 g/mol. The molecule has 0 fully saturated rings. The summed E-state index contributed by atoms with van der Waals surface area (Å²) < 4.78 is 0. The molecule has 2 heterocycles. The minimum atomic E-state index is -0.146. The quantitative estimate of drug-likeness (QED) is 0.864. The number of hydrogen-bond donors (Lipinski definition) is 1. The number of carbonyl (C=O) groups excluding carboxylic acids is 1. The van der Waals surface area contributed by atoms with Gasteiger partial charge in [-0.1, -0.05) is 24.3 Å². The third-order valence-corrected chi connectivity index (χ3v) is 4.59. The minimum Gasteiger partial charge on any atom is -0.338 e. The molecule has 3 rings (SSSR count). The predicted octanol–water partition coefficient (Wildman–Crippen LogP) is 2.18. The molecule has 0 spiro atoms. The van der Waals surface area contributed by atoms with Crippen LogP contribution in [0, 0.1) is 6.92 Å². The number of hydrogen-bond acceptors (Lipinski definition) is 3. The van der Waals surface area contributed by atoms with E-state index >= 15 is 0 Å².